The number of hydrogen-bond donors (Lipinski definition) is 1. The molecule has 0 aromatic heterocycles. The maximum atomic E-state index is 11.7. The fraction of sp³-hybridized carbons (Fsp3) is 0.846. The summed E-state index contributed by atoms with van der Waals surface area (Å²) in [6.45, 7) is 7.71. The number of likely N-dealkylation sites (N-methyl/N-ethyl adjacent to an activating group) is 1. The summed E-state index contributed by atoms with van der Waals surface area (Å²) in [5.41, 5.74) is 5.07. The minimum Gasteiger partial charge on any atom is -0.444 e. The molecule has 6 nitrogen and oxygen atoms in total. The molecule has 1 saturated heterocycles. The van der Waals surface area contributed by atoms with Crippen LogP contribution in [0, 0.1) is 5.92 Å². The van der Waals surface area contributed by atoms with Crippen molar-refractivity contribution < 1.29 is 14.3 Å². The molecule has 0 radical (unpaired) electrons. The third-order valence-corrected chi connectivity index (χ3v) is 3.04. The van der Waals surface area contributed by atoms with Crippen LogP contribution in [0.4, 0.5) is 4.79 Å². The van der Waals surface area contributed by atoms with Crippen LogP contribution in [0.2, 0.25) is 0 Å². The van der Waals surface area contributed by atoms with Crippen molar-refractivity contribution in [1.82, 2.24) is 9.80 Å². The average Bonchev–Trinajstić information content (AvgIpc) is 2.64. The first kappa shape index (κ1) is 15.8. The van der Waals surface area contributed by atoms with Gasteiger partial charge in [-0.1, -0.05) is 0 Å². The van der Waals surface area contributed by atoms with E-state index in [4.69, 9.17) is 10.5 Å². The molecule has 1 aliphatic heterocycles. The zero-order valence-corrected chi connectivity index (χ0v) is 12.3. The predicted molar refractivity (Wildman–Crippen MR) is 72.6 cm³/mol. The van der Waals surface area contributed by atoms with Crippen LogP contribution >= 0.6 is 0 Å². The van der Waals surface area contributed by atoms with Gasteiger partial charge < -0.3 is 20.3 Å². The van der Waals surface area contributed by atoms with Crippen molar-refractivity contribution in [2.45, 2.75) is 32.8 Å². The lowest BCUT2D eigenvalue weighted by molar-refractivity contribution is -0.127. The van der Waals surface area contributed by atoms with Gasteiger partial charge in [0.05, 0.1) is 0 Å². The molecule has 0 bridgehead atoms. The van der Waals surface area contributed by atoms with Crippen LogP contribution < -0.4 is 5.73 Å². The summed E-state index contributed by atoms with van der Waals surface area (Å²) >= 11 is 0. The zero-order valence-electron chi connectivity index (χ0n) is 12.3. The molecule has 2 amide bonds. The number of carbonyl (C=O) groups excluding carboxylic acids is 2. The molecule has 1 heterocycles. The van der Waals surface area contributed by atoms with E-state index in [1.165, 1.54) is 4.90 Å². The standard InChI is InChI=1S/C13H25N3O3/c1-13(2,3)19-12(18)15(4)5-6-16-9-10(8-14)7-11(16)17/h10H,5-9,14H2,1-4H3. The molecule has 1 fully saturated rings. The third-order valence-electron chi connectivity index (χ3n) is 3.04. The Bertz CT molecular complexity index is 339. The molecule has 0 saturated carbocycles. The molecule has 0 aromatic rings. The lowest BCUT2D eigenvalue weighted by atomic mass is 10.1. The van der Waals surface area contributed by atoms with Crippen molar-refractivity contribution >= 4 is 12.0 Å². The molecular weight excluding hydrogens is 246 g/mol. The molecule has 0 aliphatic carbocycles. The number of amides is 2. The Labute approximate surface area is 114 Å². The average molecular weight is 271 g/mol. The summed E-state index contributed by atoms with van der Waals surface area (Å²) in [4.78, 5) is 26.7. The first-order valence-electron chi connectivity index (χ1n) is 6.65. The maximum absolute atomic E-state index is 11.7. The van der Waals surface area contributed by atoms with Gasteiger partial charge in [0.15, 0.2) is 0 Å². The SMILES string of the molecule is CN(CCN1CC(CN)CC1=O)C(=O)OC(C)(C)C. The first-order chi connectivity index (χ1) is 8.73. The summed E-state index contributed by atoms with van der Waals surface area (Å²) in [6, 6.07) is 0. The van der Waals surface area contributed by atoms with Crippen molar-refractivity contribution in [3.05, 3.63) is 0 Å². The highest BCUT2D eigenvalue weighted by atomic mass is 16.6. The number of likely N-dealkylation sites (tertiary alicyclic amines) is 1. The molecule has 1 rings (SSSR count). The van der Waals surface area contributed by atoms with Crippen LogP contribution in [0.15, 0.2) is 0 Å². The van der Waals surface area contributed by atoms with Crippen molar-refractivity contribution in [3.8, 4) is 0 Å². The molecule has 1 aliphatic rings. The topological polar surface area (TPSA) is 75.9 Å². The fourth-order valence-electron chi connectivity index (χ4n) is 1.93. The Morgan fingerprint density at radius 1 is 1.53 bits per heavy atom. The van der Waals surface area contributed by atoms with Gasteiger partial charge >= 0.3 is 6.09 Å². The summed E-state index contributed by atoms with van der Waals surface area (Å²) < 4.78 is 5.25. The Balaban J connectivity index is 2.36. The van der Waals surface area contributed by atoms with E-state index >= 15 is 0 Å². The van der Waals surface area contributed by atoms with Gasteiger partial charge in [0.25, 0.3) is 0 Å². The van der Waals surface area contributed by atoms with Gasteiger partial charge in [-0.25, -0.2) is 4.79 Å². The summed E-state index contributed by atoms with van der Waals surface area (Å²) in [6.07, 6.45) is 0.154. The van der Waals surface area contributed by atoms with Gasteiger partial charge in [0.1, 0.15) is 5.60 Å². The van der Waals surface area contributed by atoms with Crippen molar-refractivity contribution in [2.24, 2.45) is 11.7 Å². The third kappa shape index (κ3) is 5.06. The Hall–Kier alpha value is -1.30. The summed E-state index contributed by atoms with van der Waals surface area (Å²) in [5, 5.41) is 0. The molecule has 6 heteroatoms. The molecule has 110 valence electrons. The second-order valence-corrected chi connectivity index (χ2v) is 6.05. The second kappa shape index (κ2) is 6.23. The number of nitrogens with two attached hydrogens (primary N) is 1. The maximum Gasteiger partial charge on any atom is 0.410 e. The quantitative estimate of drug-likeness (QED) is 0.815. The van der Waals surface area contributed by atoms with E-state index < -0.39 is 5.60 Å². The van der Waals surface area contributed by atoms with E-state index in [0.717, 1.165) is 0 Å². The lowest BCUT2D eigenvalue weighted by Crippen LogP contribution is -2.39. The number of nitrogens with zero attached hydrogens (tertiary/aromatic N) is 2. The lowest BCUT2D eigenvalue weighted by Gasteiger charge is -2.26. The highest BCUT2D eigenvalue weighted by molar-refractivity contribution is 5.78. The van der Waals surface area contributed by atoms with E-state index in [1.54, 1.807) is 11.9 Å². The molecule has 0 aromatic carbocycles. The van der Waals surface area contributed by atoms with Gasteiger partial charge in [-0.05, 0) is 33.2 Å². The van der Waals surface area contributed by atoms with Crippen LogP contribution in [0.3, 0.4) is 0 Å². The highest BCUT2D eigenvalue weighted by Gasteiger charge is 2.29. The monoisotopic (exact) mass is 271 g/mol. The number of hydrogen-bond acceptors (Lipinski definition) is 4. The second-order valence-electron chi connectivity index (χ2n) is 6.05. The Kier molecular flexibility index (Phi) is 5.17. The predicted octanol–water partition coefficient (Wildman–Crippen LogP) is 0.661. The number of rotatable bonds is 4. The Morgan fingerprint density at radius 3 is 2.63 bits per heavy atom. The van der Waals surface area contributed by atoms with Crippen molar-refractivity contribution in [3.63, 3.8) is 0 Å². The van der Waals surface area contributed by atoms with Crippen LogP contribution in [0.25, 0.3) is 0 Å². The number of ether oxygens (including phenoxy) is 1. The van der Waals surface area contributed by atoms with E-state index in [2.05, 4.69) is 0 Å². The van der Waals surface area contributed by atoms with E-state index in [-0.39, 0.29) is 17.9 Å². The first-order valence-corrected chi connectivity index (χ1v) is 6.65. The van der Waals surface area contributed by atoms with E-state index in [9.17, 15) is 9.59 Å². The molecule has 2 N–H and O–H groups in total. The van der Waals surface area contributed by atoms with Gasteiger partial charge in [0.2, 0.25) is 5.91 Å². The molecule has 0 spiro atoms. The fourth-order valence-corrected chi connectivity index (χ4v) is 1.93. The largest absolute Gasteiger partial charge is 0.444 e. The van der Waals surface area contributed by atoms with Gasteiger partial charge in [0, 0.05) is 33.1 Å². The van der Waals surface area contributed by atoms with Gasteiger partial charge in [-0.2, -0.15) is 0 Å². The van der Waals surface area contributed by atoms with Crippen LogP contribution in [0.1, 0.15) is 27.2 Å². The zero-order chi connectivity index (χ0) is 14.6. The van der Waals surface area contributed by atoms with E-state index in [0.29, 0.717) is 32.6 Å². The molecule has 1 unspecified atom stereocenters. The van der Waals surface area contributed by atoms with E-state index in [1.807, 2.05) is 20.8 Å². The van der Waals surface area contributed by atoms with Crippen molar-refractivity contribution in [2.75, 3.05) is 33.2 Å². The molecule has 1 atom stereocenters. The number of carbonyl (C=O) groups is 2. The molecular formula is C13H25N3O3. The van der Waals surface area contributed by atoms with Crippen molar-refractivity contribution in [1.29, 1.82) is 0 Å². The normalized spacial score (nSPS) is 19.7. The van der Waals surface area contributed by atoms with Crippen LogP contribution in [0.5, 0.6) is 0 Å². The van der Waals surface area contributed by atoms with Gasteiger partial charge in [-0.15, -0.1) is 0 Å². The van der Waals surface area contributed by atoms with Crippen LogP contribution in [-0.4, -0.2) is 60.6 Å². The van der Waals surface area contributed by atoms with Crippen LogP contribution in [-0.2, 0) is 9.53 Å². The Morgan fingerprint density at radius 2 is 2.16 bits per heavy atom. The minimum atomic E-state index is -0.501. The van der Waals surface area contributed by atoms with Gasteiger partial charge in [-0.3, -0.25) is 4.79 Å². The minimum absolute atomic E-state index is 0.119. The summed E-state index contributed by atoms with van der Waals surface area (Å²) in [7, 11) is 1.68. The highest BCUT2D eigenvalue weighted by Crippen LogP contribution is 2.16. The summed E-state index contributed by atoms with van der Waals surface area (Å²) in [5.74, 6) is 0.368. The smallest absolute Gasteiger partial charge is 0.410 e. The molecule has 19 heavy (non-hydrogen) atoms.